The number of ether oxygens (including phenoxy) is 1. The highest BCUT2D eigenvalue weighted by molar-refractivity contribution is 5.61. The van der Waals surface area contributed by atoms with Gasteiger partial charge in [0.05, 0.1) is 17.9 Å². The third kappa shape index (κ3) is 4.12. The molecule has 0 aliphatic rings. The zero-order chi connectivity index (χ0) is 16.0. The summed E-state index contributed by atoms with van der Waals surface area (Å²) in [6.45, 7) is 3.88. The van der Waals surface area contributed by atoms with Gasteiger partial charge in [0.25, 0.3) is 0 Å². The first-order chi connectivity index (χ1) is 9.85. The van der Waals surface area contributed by atoms with Crippen molar-refractivity contribution in [1.29, 1.82) is 5.26 Å². The molecular weight excluding hydrogens is 288 g/mol. The number of hydrogen-bond acceptors (Lipinski definition) is 3. The van der Waals surface area contributed by atoms with Crippen LogP contribution in [0.2, 0.25) is 0 Å². The molecule has 0 atom stereocenters. The molecule has 7 heteroatoms. The maximum atomic E-state index is 13.8. The second-order valence-corrected chi connectivity index (χ2v) is 3.99. The lowest BCUT2D eigenvalue weighted by Crippen LogP contribution is -2.12. The molecule has 0 unspecified atom stereocenters. The fourth-order valence-electron chi connectivity index (χ4n) is 1.63. The lowest BCUT2D eigenvalue weighted by Gasteiger charge is -2.15. The highest BCUT2D eigenvalue weighted by atomic mass is 19.4. The molecule has 114 valence electrons. The highest BCUT2D eigenvalue weighted by Gasteiger charge is 2.35. The number of benzene rings is 1. The summed E-state index contributed by atoms with van der Waals surface area (Å²) in [5.41, 5.74) is -2.25. The van der Waals surface area contributed by atoms with Crippen molar-refractivity contribution < 1.29 is 22.3 Å². The molecular formula is C14H14F4N2O. The van der Waals surface area contributed by atoms with Gasteiger partial charge in [-0.15, -0.1) is 0 Å². The first-order valence-corrected chi connectivity index (χ1v) is 6.24. The van der Waals surface area contributed by atoms with Gasteiger partial charge in [0, 0.05) is 0 Å². The molecule has 1 aromatic carbocycles. The predicted molar refractivity (Wildman–Crippen MR) is 69.7 cm³/mol. The van der Waals surface area contributed by atoms with Crippen molar-refractivity contribution >= 4 is 5.69 Å². The molecule has 1 rings (SSSR count). The molecule has 0 amide bonds. The van der Waals surface area contributed by atoms with Gasteiger partial charge in [-0.25, -0.2) is 4.39 Å². The molecule has 0 radical (unpaired) electrons. The van der Waals surface area contributed by atoms with Gasteiger partial charge in [0.1, 0.15) is 11.6 Å². The van der Waals surface area contributed by atoms with Crippen molar-refractivity contribution in [3.63, 3.8) is 0 Å². The van der Waals surface area contributed by atoms with Gasteiger partial charge < -0.3 is 10.1 Å². The van der Waals surface area contributed by atoms with Gasteiger partial charge in [0.15, 0.2) is 11.7 Å². The van der Waals surface area contributed by atoms with E-state index < -0.39 is 23.1 Å². The van der Waals surface area contributed by atoms with Crippen LogP contribution in [-0.4, -0.2) is 6.61 Å². The molecule has 0 aromatic heterocycles. The lowest BCUT2D eigenvalue weighted by atomic mass is 10.1. The molecule has 1 aromatic rings. The molecule has 0 saturated heterocycles. The van der Waals surface area contributed by atoms with Crippen LogP contribution in [0.15, 0.2) is 24.1 Å². The van der Waals surface area contributed by atoms with Crippen molar-refractivity contribution in [3.05, 3.63) is 41.0 Å². The Morgan fingerprint density at radius 3 is 2.52 bits per heavy atom. The van der Waals surface area contributed by atoms with Crippen molar-refractivity contribution in [3.8, 4) is 6.07 Å². The van der Waals surface area contributed by atoms with E-state index in [4.69, 9.17) is 10.00 Å². The van der Waals surface area contributed by atoms with E-state index in [0.29, 0.717) is 19.1 Å². The van der Waals surface area contributed by atoms with E-state index >= 15 is 0 Å². The van der Waals surface area contributed by atoms with Crippen LogP contribution in [0.4, 0.5) is 23.2 Å². The summed E-state index contributed by atoms with van der Waals surface area (Å²) >= 11 is 0. The van der Waals surface area contributed by atoms with E-state index in [1.54, 1.807) is 13.0 Å². The number of nitriles is 1. The zero-order valence-corrected chi connectivity index (χ0v) is 11.5. The minimum Gasteiger partial charge on any atom is -0.479 e. The summed E-state index contributed by atoms with van der Waals surface area (Å²) in [5.74, 6) is -1.34. The molecule has 0 saturated carbocycles. The Bertz CT molecular complexity index is 574. The molecule has 0 bridgehead atoms. The predicted octanol–water partition coefficient (Wildman–Crippen LogP) is 4.42. The van der Waals surface area contributed by atoms with Crippen LogP contribution in [-0.2, 0) is 10.9 Å². The van der Waals surface area contributed by atoms with Gasteiger partial charge in [-0.3, -0.25) is 0 Å². The van der Waals surface area contributed by atoms with Crippen molar-refractivity contribution in [1.82, 2.24) is 0 Å². The van der Waals surface area contributed by atoms with Gasteiger partial charge in [-0.05, 0) is 31.6 Å². The van der Waals surface area contributed by atoms with Gasteiger partial charge in [0.2, 0.25) is 0 Å². The maximum Gasteiger partial charge on any atom is 0.419 e. The topological polar surface area (TPSA) is 45.0 Å². The van der Waals surface area contributed by atoms with Crippen LogP contribution < -0.4 is 5.32 Å². The average Bonchev–Trinajstić information content (AvgIpc) is 2.38. The Kier molecular flexibility index (Phi) is 5.59. The zero-order valence-electron chi connectivity index (χ0n) is 11.5. The Balaban J connectivity index is 3.24. The quantitative estimate of drug-likeness (QED) is 0.647. The fraction of sp³-hybridized carbons (Fsp3) is 0.357. The minimum absolute atomic E-state index is 0.0730. The van der Waals surface area contributed by atoms with Crippen LogP contribution in [0, 0.1) is 17.1 Å². The van der Waals surface area contributed by atoms with Crippen LogP contribution in [0.5, 0.6) is 0 Å². The number of alkyl halides is 3. The number of anilines is 1. The van der Waals surface area contributed by atoms with Crippen LogP contribution in [0.3, 0.4) is 0 Å². The third-order valence-corrected chi connectivity index (χ3v) is 2.51. The summed E-state index contributed by atoms with van der Waals surface area (Å²) in [7, 11) is 0. The summed E-state index contributed by atoms with van der Waals surface area (Å²) in [5, 5.41) is 11.5. The second-order valence-electron chi connectivity index (χ2n) is 3.99. The molecule has 3 nitrogen and oxygen atoms in total. The fourth-order valence-corrected chi connectivity index (χ4v) is 1.63. The number of halogens is 4. The summed E-state index contributed by atoms with van der Waals surface area (Å²) < 4.78 is 56.8. The summed E-state index contributed by atoms with van der Waals surface area (Å²) in [4.78, 5) is 0. The van der Waals surface area contributed by atoms with Gasteiger partial charge in [-0.2, -0.15) is 18.4 Å². The molecule has 0 aliphatic carbocycles. The van der Waals surface area contributed by atoms with Crippen LogP contribution in [0.25, 0.3) is 0 Å². The van der Waals surface area contributed by atoms with E-state index in [0.717, 1.165) is 6.07 Å². The first kappa shape index (κ1) is 16.8. The standard InChI is InChI=1S/C14H14F4N2O/c1-3-5-12(21-4-2)20-11-7-6-10(14(16,17)18)13(15)9(11)8-19/h5-7,20H,3-4H2,1-2H3/b12-5+. The maximum absolute atomic E-state index is 13.8. The molecule has 0 heterocycles. The molecule has 0 aliphatic heterocycles. The van der Waals surface area contributed by atoms with E-state index in [-0.39, 0.29) is 11.6 Å². The smallest absolute Gasteiger partial charge is 0.419 e. The van der Waals surface area contributed by atoms with Gasteiger partial charge >= 0.3 is 6.18 Å². The summed E-state index contributed by atoms with van der Waals surface area (Å²) in [6, 6.07) is 3.04. The van der Waals surface area contributed by atoms with E-state index in [1.165, 1.54) is 6.07 Å². The second kappa shape index (κ2) is 6.97. The monoisotopic (exact) mass is 302 g/mol. The summed E-state index contributed by atoms with van der Waals surface area (Å²) in [6.07, 6.45) is -2.61. The van der Waals surface area contributed by atoms with E-state index in [1.807, 2.05) is 6.92 Å². The number of rotatable bonds is 5. The number of nitrogens with zero attached hydrogens (tertiary/aromatic N) is 1. The van der Waals surface area contributed by atoms with Crippen LogP contribution >= 0.6 is 0 Å². The molecule has 1 N–H and O–H groups in total. The Hall–Kier alpha value is -2.23. The lowest BCUT2D eigenvalue weighted by molar-refractivity contribution is -0.140. The largest absolute Gasteiger partial charge is 0.479 e. The Morgan fingerprint density at radius 1 is 1.38 bits per heavy atom. The number of nitrogens with one attached hydrogen (secondary N) is 1. The molecule has 21 heavy (non-hydrogen) atoms. The van der Waals surface area contributed by atoms with Crippen molar-refractivity contribution in [2.45, 2.75) is 26.4 Å². The highest BCUT2D eigenvalue weighted by Crippen LogP contribution is 2.35. The van der Waals surface area contributed by atoms with Crippen molar-refractivity contribution in [2.24, 2.45) is 0 Å². The normalized spacial score (nSPS) is 12.0. The Labute approximate surface area is 119 Å². The first-order valence-electron chi connectivity index (χ1n) is 6.24. The number of hydrogen-bond donors (Lipinski definition) is 1. The van der Waals surface area contributed by atoms with E-state index in [2.05, 4.69) is 5.32 Å². The SMILES string of the molecule is CC/C=C(\Nc1ccc(C(F)(F)F)c(F)c1C#N)OCC. The average molecular weight is 302 g/mol. The minimum atomic E-state index is -4.85. The van der Waals surface area contributed by atoms with Crippen molar-refractivity contribution in [2.75, 3.05) is 11.9 Å². The van der Waals surface area contributed by atoms with Gasteiger partial charge in [-0.1, -0.05) is 6.92 Å². The van der Waals surface area contributed by atoms with Crippen LogP contribution in [0.1, 0.15) is 31.4 Å². The Morgan fingerprint density at radius 2 is 2.05 bits per heavy atom. The number of allylic oxidation sites excluding steroid dienone is 1. The molecule has 0 fully saturated rings. The van der Waals surface area contributed by atoms with E-state index in [9.17, 15) is 17.6 Å². The third-order valence-electron chi connectivity index (χ3n) is 2.51. The molecule has 0 spiro atoms.